The zero-order chi connectivity index (χ0) is 13.3. The standard InChI is InChI=1S/C15H20N2S/c1-10(2)12-6-5-7-13(8-12)17-14(11(3)4)9-16-15(17)18/h5-11H,1-4H3,(H,16,18). The van der Waals surface area contributed by atoms with Crippen LogP contribution >= 0.6 is 12.2 Å². The summed E-state index contributed by atoms with van der Waals surface area (Å²) >= 11 is 5.39. The SMILES string of the molecule is CC(C)c1cccc(-n2c(C(C)C)c[nH]c2=S)c1. The molecule has 1 heterocycles. The molecule has 2 rings (SSSR count). The number of aromatic nitrogens is 2. The average molecular weight is 260 g/mol. The van der Waals surface area contributed by atoms with Crippen LogP contribution in [0.25, 0.3) is 5.69 Å². The van der Waals surface area contributed by atoms with Crippen molar-refractivity contribution in [2.24, 2.45) is 0 Å². The van der Waals surface area contributed by atoms with Crippen molar-refractivity contribution in [3.05, 3.63) is 46.5 Å². The Labute approximate surface area is 114 Å². The van der Waals surface area contributed by atoms with Gasteiger partial charge in [-0.3, -0.25) is 4.57 Å². The minimum absolute atomic E-state index is 0.445. The molecule has 0 unspecified atom stereocenters. The number of nitrogens with zero attached hydrogens (tertiary/aromatic N) is 1. The highest BCUT2D eigenvalue weighted by Gasteiger charge is 2.10. The van der Waals surface area contributed by atoms with Crippen molar-refractivity contribution in [2.45, 2.75) is 39.5 Å². The quantitative estimate of drug-likeness (QED) is 0.787. The summed E-state index contributed by atoms with van der Waals surface area (Å²) in [5.74, 6) is 0.973. The summed E-state index contributed by atoms with van der Waals surface area (Å²) < 4.78 is 2.89. The third-order valence-corrected chi connectivity index (χ3v) is 3.49. The molecule has 1 N–H and O–H groups in total. The molecule has 0 aliphatic heterocycles. The van der Waals surface area contributed by atoms with Gasteiger partial charge in [0, 0.05) is 17.6 Å². The predicted octanol–water partition coefficient (Wildman–Crippen LogP) is 4.78. The van der Waals surface area contributed by atoms with Gasteiger partial charge >= 0.3 is 0 Å². The minimum atomic E-state index is 0.445. The molecular formula is C15H20N2S. The monoisotopic (exact) mass is 260 g/mol. The Bertz CT molecular complexity index is 591. The van der Waals surface area contributed by atoms with E-state index in [-0.39, 0.29) is 0 Å². The normalized spacial score (nSPS) is 11.4. The van der Waals surface area contributed by atoms with Gasteiger partial charge in [0.15, 0.2) is 4.77 Å². The Morgan fingerprint density at radius 2 is 1.83 bits per heavy atom. The second-order valence-corrected chi connectivity index (χ2v) is 5.65. The molecule has 0 saturated carbocycles. The van der Waals surface area contributed by atoms with Gasteiger partial charge in [0.05, 0.1) is 0 Å². The Morgan fingerprint density at radius 1 is 1.11 bits per heavy atom. The molecule has 96 valence electrons. The molecule has 2 aromatic rings. The zero-order valence-electron chi connectivity index (χ0n) is 11.4. The van der Waals surface area contributed by atoms with E-state index in [2.05, 4.69) is 61.5 Å². The van der Waals surface area contributed by atoms with Crippen molar-refractivity contribution in [3.63, 3.8) is 0 Å². The second kappa shape index (κ2) is 5.11. The van der Waals surface area contributed by atoms with Crippen molar-refractivity contribution in [1.29, 1.82) is 0 Å². The highest BCUT2D eigenvalue weighted by Crippen LogP contribution is 2.23. The fourth-order valence-electron chi connectivity index (χ4n) is 2.10. The molecule has 0 amide bonds. The number of H-pyrrole nitrogens is 1. The number of aromatic amines is 1. The van der Waals surface area contributed by atoms with Crippen LogP contribution in [0.15, 0.2) is 30.5 Å². The molecule has 1 aromatic carbocycles. The first-order valence-corrected chi connectivity index (χ1v) is 6.82. The molecule has 0 fully saturated rings. The maximum absolute atomic E-state index is 5.39. The van der Waals surface area contributed by atoms with E-state index in [4.69, 9.17) is 12.2 Å². The fourth-order valence-corrected chi connectivity index (χ4v) is 2.37. The third kappa shape index (κ3) is 2.41. The summed E-state index contributed by atoms with van der Waals surface area (Å²) in [7, 11) is 0. The Kier molecular flexibility index (Phi) is 3.71. The predicted molar refractivity (Wildman–Crippen MR) is 79.1 cm³/mol. The summed E-state index contributed by atoms with van der Waals surface area (Å²) in [5, 5.41) is 0. The summed E-state index contributed by atoms with van der Waals surface area (Å²) in [4.78, 5) is 3.14. The summed E-state index contributed by atoms with van der Waals surface area (Å²) in [5.41, 5.74) is 3.71. The number of hydrogen-bond acceptors (Lipinski definition) is 1. The van der Waals surface area contributed by atoms with E-state index in [0.717, 1.165) is 10.5 Å². The van der Waals surface area contributed by atoms with E-state index in [9.17, 15) is 0 Å². The molecule has 0 radical (unpaired) electrons. The largest absolute Gasteiger partial charge is 0.337 e. The first kappa shape index (κ1) is 13.1. The number of rotatable bonds is 3. The molecule has 0 aliphatic rings. The Balaban J connectivity index is 2.58. The zero-order valence-corrected chi connectivity index (χ0v) is 12.2. The van der Waals surface area contributed by atoms with Crippen LogP contribution in [0.4, 0.5) is 0 Å². The average Bonchev–Trinajstić information content (AvgIpc) is 2.71. The van der Waals surface area contributed by atoms with Crippen LogP contribution in [0.2, 0.25) is 0 Å². The topological polar surface area (TPSA) is 20.7 Å². The lowest BCUT2D eigenvalue weighted by Gasteiger charge is -2.13. The van der Waals surface area contributed by atoms with Crippen LogP contribution in [-0.2, 0) is 0 Å². The lowest BCUT2D eigenvalue weighted by atomic mass is 10.0. The van der Waals surface area contributed by atoms with E-state index < -0.39 is 0 Å². The van der Waals surface area contributed by atoms with Gasteiger partial charge in [0.1, 0.15) is 0 Å². The van der Waals surface area contributed by atoms with Crippen molar-refractivity contribution >= 4 is 12.2 Å². The maximum atomic E-state index is 5.39. The van der Waals surface area contributed by atoms with Crippen LogP contribution in [-0.4, -0.2) is 9.55 Å². The van der Waals surface area contributed by atoms with E-state index in [1.165, 1.54) is 11.3 Å². The minimum Gasteiger partial charge on any atom is -0.337 e. The van der Waals surface area contributed by atoms with E-state index in [1.807, 2.05) is 6.20 Å². The van der Waals surface area contributed by atoms with Gasteiger partial charge in [0.25, 0.3) is 0 Å². The van der Waals surface area contributed by atoms with Crippen LogP contribution in [0.1, 0.15) is 50.8 Å². The molecule has 0 saturated heterocycles. The Morgan fingerprint density at radius 3 is 2.44 bits per heavy atom. The van der Waals surface area contributed by atoms with Crippen molar-refractivity contribution in [3.8, 4) is 5.69 Å². The smallest absolute Gasteiger partial charge is 0.182 e. The molecule has 0 spiro atoms. The molecule has 1 aromatic heterocycles. The molecule has 0 atom stereocenters. The number of nitrogens with one attached hydrogen (secondary N) is 1. The van der Waals surface area contributed by atoms with Crippen LogP contribution in [0, 0.1) is 4.77 Å². The number of benzene rings is 1. The highest BCUT2D eigenvalue weighted by molar-refractivity contribution is 7.71. The van der Waals surface area contributed by atoms with Crippen LogP contribution < -0.4 is 0 Å². The molecule has 2 nitrogen and oxygen atoms in total. The molecule has 0 bridgehead atoms. The number of hydrogen-bond donors (Lipinski definition) is 1. The van der Waals surface area contributed by atoms with E-state index in [0.29, 0.717) is 11.8 Å². The lowest BCUT2D eigenvalue weighted by molar-refractivity contribution is 0.781. The maximum Gasteiger partial charge on any atom is 0.182 e. The van der Waals surface area contributed by atoms with Gasteiger partial charge in [-0.15, -0.1) is 0 Å². The van der Waals surface area contributed by atoms with Gasteiger partial charge < -0.3 is 4.98 Å². The van der Waals surface area contributed by atoms with Crippen molar-refractivity contribution in [1.82, 2.24) is 9.55 Å². The van der Waals surface area contributed by atoms with Crippen LogP contribution in [0.3, 0.4) is 0 Å². The van der Waals surface area contributed by atoms with Crippen molar-refractivity contribution in [2.75, 3.05) is 0 Å². The fraction of sp³-hybridized carbons (Fsp3) is 0.400. The van der Waals surface area contributed by atoms with Gasteiger partial charge in [-0.05, 0) is 41.7 Å². The van der Waals surface area contributed by atoms with Gasteiger partial charge in [-0.25, -0.2) is 0 Å². The molecule has 3 heteroatoms. The molecule has 18 heavy (non-hydrogen) atoms. The molecule has 0 aliphatic carbocycles. The molecular weight excluding hydrogens is 240 g/mol. The van der Waals surface area contributed by atoms with Gasteiger partial charge in [-0.2, -0.15) is 0 Å². The van der Waals surface area contributed by atoms with Crippen LogP contribution in [0.5, 0.6) is 0 Å². The van der Waals surface area contributed by atoms with E-state index in [1.54, 1.807) is 0 Å². The third-order valence-electron chi connectivity index (χ3n) is 3.19. The highest BCUT2D eigenvalue weighted by atomic mass is 32.1. The summed E-state index contributed by atoms with van der Waals surface area (Å²) in [6.45, 7) is 8.78. The van der Waals surface area contributed by atoms with Gasteiger partial charge in [-0.1, -0.05) is 39.8 Å². The Hall–Kier alpha value is -1.35. The summed E-state index contributed by atoms with van der Waals surface area (Å²) in [6, 6.07) is 8.60. The van der Waals surface area contributed by atoms with Crippen molar-refractivity contribution < 1.29 is 0 Å². The first-order valence-electron chi connectivity index (χ1n) is 6.41. The van der Waals surface area contributed by atoms with Gasteiger partial charge in [0.2, 0.25) is 0 Å². The summed E-state index contributed by atoms with van der Waals surface area (Å²) in [6.07, 6.45) is 2.01. The number of imidazole rings is 1. The second-order valence-electron chi connectivity index (χ2n) is 5.26. The lowest BCUT2D eigenvalue weighted by Crippen LogP contribution is -2.02. The first-order chi connectivity index (χ1) is 8.50. The van der Waals surface area contributed by atoms with E-state index >= 15 is 0 Å².